The molecule has 6 heteroatoms. The van der Waals surface area contributed by atoms with E-state index >= 15 is 0 Å². The number of esters is 1. The summed E-state index contributed by atoms with van der Waals surface area (Å²) in [6, 6.07) is 5.30. The Balaban J connectivity index is 1.96. The average Bonchev–Trinajstić information content (AvgIpc) is 3.08. The van der Waals surface area contributed by atoms with E-state index in [-0.39, 0.29) is 12.0 Å². The van der Waals surface area contributed by atoms with E-state index < -0.39 is 5.97 Å². The summed E-state index contributed by atoms with van der Waals surface area (Å²) in [6.07, 6.45) is -0.0197. The van der Waals surface area contributed by atoms with Gasteiger partial charge in [0.1, 0.15) is 11.3 Å². The molecule has 2 aliphatic rings. The minimum Gasteiger partial charge on any atom is -0.496 e. The quantitative estimate of drug-likeness (QED) is 0.777. The molecule has 1 aromatic carbocycles. The van der Waals surface area contributed by atoms with Gasteiger partial charge in [-0.1, -0.05) is 5.16 Å². The van der Waals surface area contributed by atoms with Crippen molar-refractivity contribution in [2.75, 3.05) is 27.4 Å². The van der Waals surface area contributed by atoms with Crippen LogP contribution in [-0.2, 0) is 14.3 Å². The summed E-state index contributed by atoms with van der Waals surface area (Å²) in [5, 5.41) is 4.12. The number of carbonyl (C=O) groups excluding carboxylic acids is 1. The van der Waals surface area contributed by atoms with Crippen LogP contribution in [0.5, 0.6) is 5.75 Å². The molecule has 0 aliphatic carbocycles. The Morgan fingerprint density at radius 3 is 2.95 bits per heavy atom. The lowest BCUT2D eigenvalue weighted by Gasteiger charge is -2.11. The predicted octanol–water partition coefficient (Wildman–Crippen LogP) is 1.23. The summed E-state index contributed by atoms with van der Waals surface area (Å²) < 4.78 is 15.3. The van der Waals surface area contributed by atoms with Crippen molar-refractivity contribution in [3.05, 3.63) is 29.3 Å². The van der Waals surface area contributed by atoms with Gasteiger partial charge in [0.15, 0.2) is 6.10 Å². The van der Waals surface area contributed by atoms with Crippen molar-refractivity contribution in [2.45, 2.75) is 6.10 Å². The second-order valence-electron chi connectivity index (χ2n) is 4.67. The molecule has 0 saturated carbocycles. The average molecular weight is 277 g/mol. The largest absolute Gasteiger partial charge is 0.496 e. The lowest BCUT2D eigenvalue weighted by atomic mass is 9.94. The van der Waals surface area contributed by atoms with Crippen molar-refractivity contribution in [1.29, 1.82) is 0 Å². The molecule has 1 aromatic rings. The third kappa shape index (κ3) is 2.02. The highest BCUT2D eigenvalue weighted by Gasteiger charge is 2.40. The molecule has 1 fully saturated rings. The molecule has 1 saturated heterocycles. The van der Waals surface area contributed by atoms with Crippen LogP contribution in [0.1, 0.15) is 15.9 Å². The van der Waals surface area contributed by atoms with Crippen molar-refractivity contribution in [3.8, 4) is 5.75 Å². The molecule has 2 atom stereocenters. The van der Waals surface area contributed by atoms with Gasteiger partial charge in [0, 0.05) is 5.56 Å². The Bertz CT molecular complexity index is 569. The zero-order valence-corrected chi connectivity index (χ0v) is 11.3. The molecule has 6 nitrogen and oxygen atoms in total. The Kier molecular flexibility index (Phi) is 3.31. The Morgan fingerprint density at radius 2 is 2.20 bits per heavy atom. The number of rotatable bonds is 3. The maximum absolute atomic E-state index is 11.8. The van der Waals surface area contributed by atoms with Gasteiger partial charge >= 0.3 is 5.97 Å². The summed E-state index contributed by atoms with van der Waals surface area (Å²) in [5.41, 5.74) is 2.00. The van der Waals surface area contributed by atoms with Gasteiger partial charge in [0.2, 0.25) is 0 Å². The van der Waals surface area contributed by atoms with Crippen LogP contribution < -0.4 is 4.74 Å². The number of nitrogens with zero attached hydrogens (tertiary/aromatic N) is 1. The van der Waals surface area contributed by atoms with Crippen molar-refractivity contribution in [2.24, 2.45) is 11.1 Å². The molecule has 0 amide bonds. The minimum absolute atomic E-state index is 0.0197. The van der Waals surface area contributed by atoms with Gasteiger partial charge in [-0.2, -0.15) is 0 Å². The summed E-state index contributed by atoms with van der Waals surface area (Å²) in [4.78, 5) is 17.1. The lowest BCUT2D eigenvalue weighted by Crippen LogP contribution is -2.22. The molecule has 0 radical (unpaired) electrons. The second kappa shape index (κ2) is 5.13. The number of carbonyl (C=O) groups is 1. The molecule has 3 rings (SSSR count). The van der Waals surface area contributed by atoms with Crippen LogP contribution in [0.4, 0.5) is 0 Å². The maximum Gasteiger partial charge on any atom is 0.341 e. The van der Waals surface area contributed by atoms with Crippen LogP contribution in [0.15, 0.2) is 23.4 Å². The van der Waals surface area contributed by atoms with Crippen molar-refractivity contribution in [3.63, 3.8) is 0 Å². The van der Waals surface area contributed by atoms with Gasteiger partial charge in [-0.25, -0.2) is 4.79 Å². The fourth-order valence-corrected chi connectivity index (χ4v) is 2.49. The maximum atomic E-state index is 11.8. The van der Waals surface area contributed by atoms with Crippen LogP contribution in [0.3, 0.4) is 0 Å². The van der Waals surface area contributed by atoms with Gasteiger partial charge < -0.3 is 19.0 Å². The zero-order chi connectivity index (χ0) is 14.1. The van der Waals surface area contributed by atoms with Crippen LogP contribution in [-0.4, -0.2) is 45.2 Å². The first-order valence-electron chi connectivity index (χ1n) is 6.32. The van der Waals surface area contributed by atoms with Gasteiger partial charge in [0.25, 0.3) is 0 Å². The van der Waals surface area contributed by atoms with E-state index in [0.29, 0.717) is 24.5 Å². The number of hydrogen-bond acceptors (Lipinski definition) is 6. The molecule has 0 bridgehead atoms. The monoisotopic (exact) mass is 277 g/mol. The highest BCUT2D eigenvalue weighted by atomic mass is 16.7. The molecule has 0 N–H and O–H groups in total. The standard InChI is InChI=1S/C14H15NO5/c1-17-11-4-3-8(5-9(11)14(16)18-2)13-10-6-19-7-12(10)20-15-13/h3-5,10,12H,6-7H2,1-2H3. The Hall–Kier alpha value is -2.08. The molecule has 2 heterocycles. The van der Waals surface area contributed by atoms with Gasteiger partial charge in [-0.3, -0.25) is 0 Å². The fourth-order valence-electron chi connectivity index (χ4n) is 2.49. The predicted molar refractivity (Wildman–Crippen MR) is 70.1 cm³/mol. The van der Waals surface area contributed by atoms with E-state index in [4.69, 9.17) is 19.0 Å². The van der Waals surface area contributed by atoms with E-state index in [1.807, 2.05) is 6.07 Å². The van der Waals surface area contributed by atoms with Crippen LogP contribution in [0.2, 0.25) is 0 Å². The third-order valence-corrected chi connectivity index (χ3v) is 3.57. The number of methoxy groups -OCH3 is 2. The van der Waals surface area contributed by atoms with Gasteiger partial charge in [-0.15, -0.1) is 0 Å². The number of ether oxygens (including phenoxy) is 3. The summed E-state index contributed by atoms with van der Waals surface area (Å²) >= 11 is 0. The molecule has 2 aliphatic heterocycles. The molecular formula is C14H15NO5. The molecule has 0 aromatic heterocycles. The summed E-state index contributed by atoms with van der Waals surface area (Å²) in [7, 11) is 2.85. The topological polar surface area (TPSA) is 66.4 Å². The molecular weight excluding hydrogens is 262 g/mol. The first-order valence-corrected chi connectivity index (χ1v) is 6.32. The van der Waals surface area contributed by atoms with Crippen molar-refractivity contribution in [1.82, 2.24) is 0 Å². The third-order valence-electron chi connectivity index (χ3n) is 3.57. The van der Waals surface area contributed by atoms with Gasteiger partial charge in [-0.05, 0) is 18.2 Å². The number of benzene rings is 1. The van der Waals surface area contributed by atoms with Crippen molar-refractivity contribution >= 4 is 11.7 Å². The smallest absolute Gasteiger partial charge is 0.341 e. The first-order chi connectivity index (χ1) is 9.74. The van der Waals surface area contributed by atoms with Crippen LogP contribution >= 0.6 is 0 Å². The number of hydrogen-bond donors (Lipinski definition) is 0. The Morgan fingerprint density at radius 1 is 1.35 bits per heavy atom. The second-order valence-corrected chi connectivity index (χ2v) is 4.67. The molecule has 0 spiro atoms. The van der Waals surface area contributed by atoms with E-state index in [2.05, 4.69) is 5.16 Å². The molecule has 2 unspecified atom stereocenters. The number of oxime groups is 1. The normalized spacial score (nSPS) is 23.8. The summed E-state index contributed by atoms with van der Waals surface area (Å²) in [6.45, 7) is 1.14. The number of fused-ring (bicyclic) bond motifs is 1. The van der Waals surface area contributed by atoms with E-state index in [1.165, 1.54) is 14.2 Å². The fraction of sp³-hybridized carbons (Fsp3) is 0.429. The van der Waals surface area contributed by atoms with Crippen LogP contribution in [0, 0.1) is 5.92 Å². The highest BCUT2D eigenvalue weighted by Crippen LogP contribution is 2.30. The molecule has 20 heavy (non-hydrogen) atoms. The lowest BCUT2D eigenvalue weighted by molar-refractivity contribution is 0.0558. The minimum atomic E-state index is -0.442. The first kappa shape index (κ1) is 12.9. The SMILES string of the molecule is COC(=O)c1cc(C2=NOC3COCC23)ccc1OC. The Labute approximate surface area is 116 Å². The molecule has 106 valence electrons. The summed E-state index contributed by atoms with van der Waals surface area (Å²) in [5.74, 6) is 0.149. The van der Waals surface area contributed by atoms with E-state index in [0.717, 1.165) is 11.3 Å². The zero-order valence-electron chi connectivity index (χ0n) is 11.3. The van der Waals surface area contributed by atoms with Gasteiger partial charge in [0.05, 0.1) is 39.1 Å². The van der Waals surface area contributed by atoms with E-state index in [1.54, 1.807) is 12.1 Å². The van der Waals surface area contributed by atoms with Crippen molar-refractivity contribution < 1.29 is 23.8 Å². The van der Waals surface area contributed by atoms with Crippen LogP contribution in [0.25, 0.3) is 0 Å². The van der Waals surface area contributed by atoms with E-state index in [9.17, 15) is 4.79 Å². The highest BCUT2D eigenvalue weighted by molar-refractivity contribution is 6.05.